The predicted molar refractivity (Wildman–Crippen MR) is 89.4 cm³/mol. The van der Waals surface area contributed by atoms with E-state index in [0.29, 0.717) is 10.8 Å². The summed E-state index contributed by atoms with van der Waals surface area (Å²) in [6.45, 7) is 1.90. The van der Waals surface area contributed by atoms with Crippen molar-refractivity contribution in [2.24, 2.45) is 0 Å². The van der Waals surface area contributed by atoms with Crippen LogP contribution in [-0.2, 0) is 22.6 Å². The van der Waals surface area contributed by atoms with Crippen molar-refractivity contribution in [1.29, 1.82) is 0 Å². The number of rotatable bonds is 5. The number of aryl methyl sites for hydroxylation is 1. The van der Waals surface area contributed by atoms with E-state index in [1.807, 2.05) is 37.3 Å². The van der Waals surface area contributed by atoms with E-state index >= 15 is 0 Å². The molecule has 0 amide bonds. The minimum absolute atomic E-state index is 0.0573. The second kappa shape index (κ2) is 7.27. The zero-order chi connectivity index (χ0) is 16.9. The minimum atomic E-state index is -0.341. The van der Waals surface area contributed by atoms with Crippen LogP contribution in [0.1, 0.15) is 17.0 Å². The molecule has 0 spiro atoms. The number of nitrogens with zero attached hydrogens (tertiary/aromatic N) is 2. The maximum absolute atomic E-state index is 11.9. The van der Waals surface area contributed by atoms with Crippen molar-refractivity contribution in [3.05, 3.63) is 70.6 Å². The summed E-state index contributed by atoms with van der Waals surface area (Å²) in [4.78, 5) is 16.1. The fourth-order valence-electron chi connectivity index (χ4n) is 2.22. The average molecular weight is 343 g/mol. The van der Waals surface area contributed by atoms with Gasteiger partial charge in [0, 0.05) is 10.6 Å². The smallest absolute Gasteiger partial charge is 0.310 e. The molecule has 0 bridgehead atoms. The van der Waals surface area contributed by atoms with Crippen molar-refractivity contribution < 1.29 is 14.1 Å². The summed E-state index contributed by atoms with van der Waals surface area (Å²) in [5.41, 5.74) is 2.73. The first-order chi connectivity index (χ1) is 11.6. The Balaban J connectivity index is 1.59. The van der Waals surface area contributed by atoms with E-state index in [1.165, 1.54) is 0 Å². The number of hydrogen-bond donors (Lipinski definition) is 0. The standard InChI is InChI=1S/C18H15ClN2O3/c1-12-5-2-3-6-13(12)10-17(22)23-11-16-20-18(21-24-16)14-7-4-8-15(19)9-14/h2-9H,10-11H2,1H3. The number of benzene rings is 2. The van der Waals surface area contributed by atoms with Gasteiger partial charge in [-0.2, -0.15) is 4.98 Å². The molecule has 6 heteroatoms. The van der Waals surface area contributed by atoms with Gasteiger partial charge in [0.15, 0.2) is 6.61 Å². The van der Waals surface area contributed by atoms with Gasteiger partial charge in [-0.3, -0.25) is 4.79 Å². The highest BCUT2D eigenvalue weighted by atomic mass is 35.5. The maximum Gasteiger partial charge on any atom is 0.310 e. The van der Waals surface area contributed by atoms with Crippen molar-refractivity contribution in [2.45, 2.75) is 20.0 Å². The molecule has 3 aromatic rings. The Kier molecular flexibility index (Phi) is 4.91. The van der Waals surface area contributed by atoms with Crippen LogP contribution in [0.3, 0.4) is 0 Å². The van der Waals surface area contributed by atoms with E-state index in [9.17, 15) is 4.79 Å². The first-order valence-electron chi connectivity index (χ1n) is 7.40. The summed E-state index contributed by atoms with van der Waals surface area (Å²) >= 11 is 5.94. The second-order valence-corrected chi connectivity index (χ2v) is 5.72. The van der Waals surface area contributed by atoms with Gasteiger partial charge in [-0.25, -0.2) is 0 Å². The van der Waals surface area contributed by atoms with Crippen LogP contribution in [0.5, 0.6) is 0 Å². The lowest BCUT2D eigenvalue weighted by Crippen LogP contribution is -2.09. The highest BCUT2D eigenvalue weighted by Gasteiger charge is 2.12. The fourth-order valence-corrected chi connectivity index (χ4v) is 2.41. The van der Waals surface area contributed by atoms with Gasteiger partial charge in [-0.05, 0) is 30.2 Å². The van der Waals surface area contributed by atoms with E-state index in [0.717, 1.165) is 16.7 Å². The lowest BCUT2D eigenvalue weighted by molar-refractivity contribution is -0.144. The van der Waals surface area contributed by atoms with Crippen LogP contribution in [0.2, 0.25) is 5.02 Å². The van der Waals surface area contributed by atoms with Crippen molar-refractivity contribution in [2.75, 3.05) is 0 Å². The van der Waals surface area contributed by atoms with E-state index in [-0.39, 0.29) is 24.9 Å². The molecule has 24 heavy (non-hydrogen) atoms. The Morgan fingerprint density at radius 3 is 2.83 bits per heavy atom. The summed E-state index contributed by atoms with van der Waals surface area (Å²) in [5, 5.41) is 4.45. The Bertz CT molecular complexity index is 861. The normalized spacial score (nSPS) is 10.6. The quantitative estimate of drug-likeness (QED) is 0.656. The first kappa shape index (κ1) is 16.2. The van der Waals surface area contributed by atoms with Crippen LogP contribution >= 0.6 is 11.6 Å². The highest BCUT2D eigenvalue weighted by Crippen LogP contribution is 2.20. The van der Waals surface area contributed by atoms with Crippen LogP contribution in [0.4, 0.5) is 0 Å². The number of carbonyl (C=O) groups is 1. The maximum atomic E-state index is 11.9. The van der Waals surface area contributed by atoms with Gasteiger partial charge in [-0.1, -0.05) is 53.2 Å². The van der Waals surface area contributed by atoms with E-state index < -0.39 is 0 Å². The van der Waals surface area contributed by atoms with Crippen molar-refractivity contribution in [1.82, 2.24) is 10.1 Å². The molecular formula is C18H15ClN2O3. The molecule has 0 aliphatic heterocycles. The molecule has 2 aromatic carbocycles. The second-order valence-electron chi connectivity index (χ2n) is 5.29. The van der Waals surface area contributed by atoms with Gasteiger partial charge >= 0.3 is 5.97 Å². The van der Waals surface area contributed by atoms with Crippen LogP contribution < -0.4 is 0 Å². The van der Waals surface area contributed by atoms with Crippen LogP contribution in [0.15, 0.2) is 53.1 Å². The Labute approximate surface area is 144 Å². The monoisotopic (exact) mass is 342 g/mol. The number of aromatic nitrogens is 2. The van der Waals surface area contributed by atoms with Gasteiger partial charge in [0.1, 0.15) is 0 Å². The van der Waals surface area contributed by atoms with E-state index in [1.54, 1.807) is 18.2 Å². The molecule has 0 unspecified atom stereocenters. The third-order valence-corrected chi connectivity index (χ3v) is 3.74. The molecular weight excluding hydrogens is 328 g/mol. The number of hydrogen-bond acceptors (Lipinski definition) is 5. The van der Waals surface area contributed by atoms with Crippen LogP contribution in [0.25, 0.3) is 11.4 Å². The third-order valence-electron chi connectivity index (χ3n) is 3.50. The SMILES string of the molecule is Cc1ccccc1CC(=O)OCc1nc(-c2cccc(Cl)c2)no1. The average Bonchev–Trinajstić information content (AvgIpc) is 3.04. The van der Waals surface area contributed by atoms with Gasteiger partial charge in [0.25, 0.3) is 5.89 Å². The molecule has 1 aromatic heterocycles. The summed E-state index contributed by atoms with van der Waals surface area (Å²) in [7, 11) is 0. The van der Waals surface area contributed by atoms with Gasteiger partial charge in [0.2, 0.25) is 5.82 Å². The summed E-state index contributed by atoms with van der Waals surface area (Å²) in [5.74, 6) is 0.303. The lowest BCUT2D eigenvalue weighted by Gasteiger charge is -2.04. The molecule has 0 aliphatic rings. The summed E-state index contributed by atoms with van der Waals surface area (Å²) in [6, 6.07) is 14.8. The molecule has 0 saturated heterocycles. The Morgan fingerprint density at radius 1 is 1.21 bits per heavy atom. The molecule has 0 radical (unpaired) electrons. The molecule has 0 aliphatic carbocycles. The topological polar surface area (TPSA) is 65.2 Å². The number of carbonyl (C=O) groups excluding carboxylic acids is 1. The fraction of sp³-hybridized carbons (Fsp3) is 0.167. The molecule has 3 rings (SSSR count). The molecule has 5 nitrogen and oxygen atoms in total. The highest BCUT2D eigenvalue weighted by molar-refractivity contribution is 6.30. The number of esters is 1. The molecule has 0 fully saturated rings. The largest absolute Gasteiger partial charge is 0.455 e. The van der Waals surface area contributed by atoms with Gasteiger partial charge in [0.05, 0.1) is 6.42 Å². The number of ether oxygens (including phenoxy) is 1. The van der Waals surface area contributed by atoms with E-state index in [4.69, 9.17) is 20.9 Å². The molecule has 122 valence electrons. The Hall–Kier alpha value is -2.66. The molecule has 0 saturated carbocycles. The minimum Gasteiger partial charge on any atom is -0.455 e. The van der Waals surface area contributed by atoms with Crippen molar-refractivity contribution in [3.63, 3.8) is 0 Å². The van der Waals surface area contributed by atoms with Crippen molar-refractivity contribution >= 4 is 17.6 Å². The van der Waals surface area contributed by atoms with Crippen molar-refractivity contribution in [3.8, 4) is 11.4 Å². The van der Waals surface area contributed by atoms with Gasteiger partial charge in [-0.15, -0.1) is 0 Å². The zero-order valence-corrected chi connectivity index (χ0v) is 13.8. The molecule has 0 atom stereocenters. The molecule has 0 N–H and O–H groups in total. The lowest BCUT2D eigenvalue weighted by atomic mass is 10.1. The zero-order valence-electron chi connectivity index (χ0n) is 13.0. The van der Waals surface area contributed by atoms with Crippen LogP contribution in [0, 0.1) is 6.92 Å². The van der Waals surface area contributed by atoms with Crippen LogP contribution in [-0.4, -0.2) is 16.1 Å². The first-order valence-corrected chi connectivity index (χ1v) is 7.78. The number of halogens is 1. The predicted octanol–water partition coefficient (Wildman–Crippen LogP) is 3.98. The van der Waals surface area contributed by atoms with Gasteiger partial charge < -0.3 is 9.26 Å². The summed E-state index contributed by atoms with van der Waals surface area (Å²) < 4.78 is 10.3. The molecule has 1 heterocycles. The summed E-state index contributed by atoms with van der Waals surface area (Å²) in [6.07, 6.45) is 0.210. The Morgan fingerprint density at radius 2 is 2.04 bits per heavy atom. The third kappa shape index (κ3) is 4.00. The van der Waals surface area contributed by atoms with E-state index in [2.05, 4.69) is 10.1 Å².